The fourth-order valence-electron chi connectivity index (χ4n) is 1.92. The van der Waals surface area contributed by atoms with E-state index < -0.39 is 10.2 Å². The molecule has 1 saturated carbocycles. The van der Waals surface area contributed by atoms with Gasteiger partial charge in [0.05, 0.1) is 0 Å². The third-order valence-electron chi connectivity index (χ3n) is 3.12. The quantitative estimate of drug-likeness (QED) is 0.783. The van der Waals surface area contributed by atoms with Crippen molar-refractivity contribution in [3.05, 3.63) is 0 Å². The second-order valence-electron chi connectivity index (χ2n) is 4.64. The number of halogens is 1. The van der Waals surface area contributed by atoms with Gasteiger partial charge in [-0.3, -0.25) is 0 Å². The van der Waals surface area contributed by atoms with Crippen molar-refractivity contribution < 1.29 is 8.42 Å². The van der Waals surface area contributed by atoms with Crippen molar-refractivity contribution in [1.29, 1.82) is 0 Å². The molecule has 1 aliphatic heterocycles. The second kappa shape index (κ2) is 5.18. The topological polar surface area (TPSA) is 66.6 Å². The lowest BCUT2D eigenvalue weighted by atomic mass is 10.3. The summed E-state index contributed by atoms with van der Waals surface area (Å²) in [7, 11) is -1.58. The molecule has 2 rings (SSSR count). The van der Waals surface area contributed by atoms with Crippen LogP contribution in [-0.4, -0.2) is 49.8 Å². The monoisotopic (exact) mass is 269 g/mol. The van der Waals surface area contributed by atoms with E-state index in [4.69, 9.17) is 5.73 Å². The molecule has 2 N–H and O–H groups in total. The third-order valence-corrected chi connectivity index (χ3v) is 5.04. The molecule has 2 aliphatic rings. The molecule has 0 unspecified atom stereocenters. The Hall–Kier alpha value is 0.120. The van der Waals surface area contributed by atoms with Gasteiger partial charge in [0.2, 0.25) is 0 Å². The Morgan fingerprint density at radius 3 is 2.44 bits per heavy atom. The fraction of sp³-hybridized carbons (Fsp3) is 1.00. The lowest BCUT2D eigenvalue weighted by molar-refractivity contribution is 0.384. The van der Waals surface area contributed by atoms with Gasteiger partial charge in [-0.1, -0.05) is 0 Å². The maximum Gasteiger partial charge on any atom is 0.281 e. The molecule has 0 aromatic rings. The zero-order valence-corrected chi connectivity index (χ0v) is 11.1. The highest BCUT2D eigenvalue weighted by Crippen LogP contribution is 2.30. The van der Waals surface area contributed by atoms with Crippen LogP contribution in [0.25, 0.3) is 0 Å². The minimum Gasteiger partial charge on any atom is -0.326 e. The van der Waals surface area contributed by atoms with E-state index in [1.54, 1.807) is 7.05 Å². The van der Waals surface area contributed by atoms with Crippen molar-refractivity contribution in [2.75, 3.05) is 26.7 Å². The summed E-state index contributed by atoms with van der Waals surface area (Å²) in [6, 6.07) is 0.00843. The Kier molecular flexibility index (Phi) is 4.59. The van der Waals surface area contributed by atoms with Crippen LogP contribution in [0.2, 0.25) is 0 Å². The van der Waals surface area contributed by atoms with Crippen LogP contribution in [0.15, 0.2) is 0 Å². The predicted molar refractivity (Wildman–Crippen MR) is 65.7 cm³/mol. The molecule has 1 saturated heterocycles. The maximum atomic E-state index is 12.0. The zero-order valence-electron chi connectivity index (χ0n) is 9.50. The van der Waals surface area contributed by atoms with Crippen LogP contribution in [0.4, 0.5) is 0 Å². The van der Waals surface area contributed by atoms with Gasteiger partial charge in [0.25, 0.3) is 10.2 Å². The number of hydrogen-bond donors (Lipinski definition) is 1. The molecule has 7 heteroatoms. The van der Waals surface area contributed by atoms with Gasteiger partial charge < -0.3 is 5.73 Å². The van der Waals surface area contributed by atoms with E-state index >= 15 is 0 Å². The van der Waals surface area contributed by atoms with Crippen molar-refractivity contribution >= 4 is 22.6 Å². The summed E-state index contributed by atoms with van der Waals surface area (Å²) >= 11 is 0. The highest BCUT2D eigenvalue weighted by Gasteiger charge is 2.35. The first-order valence-electron chi connectivity index (χ1n) is 5.47. The van der Waals surface area contributed by atoms with Crippen LogP contribution in [0.5, 0.6) is 0 Å². The molecule has 0 aromatic carbocycles. The van der Waals surface area contributed by atoms with Crippen LogP contribution in [0.3, 0.4) is 0 Å². The van der Waals surface area contributed by atoms with Crippen LogP contribution in [0, 0.1) is 5.92 Å². The fourth-order valence-corrected chi connectivity index (χ4v) is 3.43. The lowest BCUT2D eigenvalue weighted by Gasteiger charge is -2.23. The van der Waals surface area contributed by atoms with Crippen LogP contribution in [0.1, 0.15) is 19.3 Å². The second-order valence-corrected chi connectivity index (χ2v) is 6.67. The van der Waals surface area contributed by atoms with Gasteiger partial charge in [0.1, 0.15) is 0 Å². The Morgan fingerprint density at radius 1 is 1.38 bits per heavy atom. The molecule has 96 valence electrons. The summed E-state index contributed by atoms with van der Waals surface area (Å²) in [6.45, 7) is 1.70. The molecule has 1 aliphatic carbocycles. The normalized spacial score (nSPS) is 27.1. The van der Waals surface area contributed by atoms with Gasteiger partial charge in [0.15, 0.2) is 0 Å². The van der Waals surface area contributed by atoms with E-state index in [1.165, 1.54) is 21.5 Å². The minimum absolute atomic E-state index is 0. The number of rotatable bonds is 4. The average Bonchev–Trinajstić information content (AvgIpc) is 2.86. The van der Waals surface area contributed by atoms with E-state index in [9.17, 15) is 8.42 Å². The molecular formula is C9H20ClN3O2S. The maximum absolute atomic E-state index is 12.0. The summed E-state index contributed by atoms with van der Waals surface area (Å²) in [5.74, 6) is 0.584. The van der Waals surface area contributed by atoms with Crippen molar-refractivity contribution in [1.82, 2.24) is 8.61 Å². The summed E-state index contributed by atoms with van der Waals surface area (Å²) < 4.78 is 27.1. The molecule has 0 amide bonds. The van der Waals surface area contributed by atoms with Crippen molar-refractivity contribution in [2.45, 2.75) is 25.3 Å². The SMILES string of the molecule is CN(CC1CC1)S(=O)(=O)N1CC[C@H](N)C1.Cl. The number of hydrogen-bond acceptors (Lipinski definition) is 3. The van der Waals surface area contributed by atoms with Crippen molar-refractivity contribution in [3.8, 4) is 0 Å². The van der Waals surface area contributed by atoms with Gasteiger partial charge in [-0.2, -0.15) is 17.0 Å². The van der Waals surface area contributed by atoms with Crippen molar-refractivity contribution in [2.24, 2.45) is 11.7 Å². The molecule has 1 heterocycles. The van der Waals surface area contributed by atoms with E-state index in [0.717, 1.165) is 6.42 Å². The van der Waals surface area contributed by atoms with Crippen LogP contribution < -0.4 is 5.73 Å². The zero-order chi connectivity index (χ0) is 11.1. The third kappa shape index (κ3) is 3.07. The first kappa shape index (κ1) is 14.2. The lowest BCUT2D eigenvalue weighted by Crippen LogP contribution is -2.42. The highest BCUT2D eigenvalue weighted by molar-refractivity contribution is 7.86. The van der Waals surface area contributed by atoms with Gasteiger partial charge >= 0.3 is 0 Å². The first-order valence-corrected chi connectivity index (χ1v) is 6.87. The van der Waals surface area contributed by atoms with E-state index in [0.29, 0.717) is 25.6 Å². The Morgan fingerprint density at radius 2 is 2.00 bits per heavy atom. The Balaban J connectivity index is 0.00000128. The number of nitrogens with two attached hydrogens (primary N) is 1. The molecule has 16 heavy (non-hydrogen) atoms. The summed E-state index contributed by atoms with van der Waals surface area (Å²) in [5.41, 5.74) is 5.71. The largest absolute Gasteiger partial charge is 0.326 e. The van der Waals surface area contributed by atoms with E-state index in [1.807, 2.05) is 0 Å². The Labute approximate surface area is 104 Å². The molecule has 5 nitrogen and oxygen atoms in total. The molecule has 1 atom stereocenters. The smallest absolute Gasteiger partial charge is 0.281 e. The number of nitrogens with zero attached hydrogens (tertiary/aromatic N) is 2. The van der Waals surface area contributed by atoms with Gasteiger partial charge in [-0.05, 0) is 25.2 Å². The van der Waals surface area contributed by atoms with Crippen LogP contribution >= 0.6 is 12.4 Å². The minimum atomic E-state index is -3.24. The molecule has 0 aromatic heterocycles. The van der Waals surface area contributed by atoms with E-state index in [-0.39, 0.29) is 18.4 Å². The molecule has 0 spiro atoms. The van der Waals surface area contributed by atoms with E-state index in [2.05, 4.69) is 0 Å². The summed E-state index contributed by atoms with van der Waals surface area (Å²) in [4.78, 5) is 0. The van der Waals surface area contributed by atoms with Crippen molar-refractivity contribution in [3.63, 3.8) is 0 Å². The molecular weight excluding hydrogens is 250 g/mol. The molecule has 2 fully saturated rings. The van der Waals surface area contributed by atoms with Crippen LogP contribution in [-0.2, 0) is 10.2 Å². The summed E-state index contributed by atoms with van der Waals surface area (Å²) in [5, 5.41) is 0. The Bertz CT molecular complexity index is 332. The van der Waals surface area contributed by atoms with Gasteiger partial charge in [0, 0.05) is 32.7 Å². The summed E-state index contributed by atoms with van der Waals surface area (Å²) in [6.07, 6.45) is 3.11. The standard InChI is InChI=1S/C9H19N3O2S.ClH/c1-11(6-8-2-3-8)15(13,14)12-5-4-9(10)7-12;/h8-9H,2-7,10H2,1H3;1H/t9-;/m0./s1. The molecule has 0 bridgehead atoms. The van der Waals surface area contributed by atoms with Gasteiger partial charge in [-0.15, -0.1) is 12.4 Å². The highest BCUT2D eigenvalue weighted by atomic mass is 35.5. The average molecular weight is 270 g/mol. The molecule has 0 radical (unpaired) electrons. The first-order chi connectivity index (χ1) is 7.00. The van der Waals surface area contributed by atoms with Gasteiger partial charge in [-0.25, -0.2) is 0 Å². The predicted octanol–water partition coefficient (Wildman–Crippen LogP) is 0.0278.